The predicted octanol–water partition coefficient (Wildman–Crippen LogP) is 5.49. The average molecular weight is 500 g/mol. The van der Waals surface area contributed by atoms with Crippen LogP contribution in [0.3, 0.4) is 0 Å². The monoisotopic (exact) mass is 499 g/mol. The average Bonchev–Trinajstić information content (AvgIpc) is 3.59. The molecule has 3 rings (SSSR count). The smallest absolute Gasteiger partial charge is 0.269 e. The fraction of sp³-hybridized carbons (Fsp3) is 0.571. The van der Waals surface area contributed by atoms with Crippen LogP contribution in [0, 0.1) is 18.8 Å². The van der Waals surface area contributed by atoms with E-state index in [4.69, 9.17) is 0 Å². The van der Waals surface area contributed by atoms with Gasteiger partial charge in [-0.3, -0.25) is 4.79 Å². The SMILES string of the molecule is CC.CC.CC(C)C(C)C.Cc1cc(CNCCc2cnc[nH]2)nc(C(=O)NCCc2cnc[nH]2)c1. The summed E-state index contributed by atoms with van der Waals surface area (Å²) in [5.74, 6) is 1.54. The lowest BCUT2D eigenvalue weighted by molar-refractivity contribution is 0.0948. The quantitative estimate of drug-likeness (QED) is 0.276. The molecule has 36 heavy (non-hydrogen) atoms. The van der Waals surface area contributed by atoms with Crippen LogP contribution in [-0.2, 0) is 19.4 Å². The van der Waals surface area contributed by atoms with Gasteiger partial charge >= 0.3 is 0 Å². The maximum absolute atomic E-state index is 12.3. The van der Waals surface area contributed by atoms with E-state index in [-0.39, 0.29) is 5.91 Å². The number of pyridine rings is 1. The van der Waals surface area contributed by atoms with Crippen molar-refractivity contribution in [1.82, 2.24) is 35.6 Å². The summed E-state index contributed by atoms with van der Waals surface area (Å²) >= 11 is 0. The topological polar surface area (TPSA) is 111 Å². The summed E-state index contributed by atoms with van der Waals surface area (Å²) in [6, 6.07) is 3.80. The van der Waals surface area contributed by atoms with E-state index in [1.54, 1.807) is 24.9 Å². The molecular formula is C28H49N7O. The summed E-state index contributed by atoms with van der Waals surface area (Å²) in [5.41, 5.74) is 4.40. The third kappa shape index (κ3) is 14.4. The summed E-state index contributed by atoms with van der Waals surface area (Å²) in [5, 5.41) is 6.24. The lowest BCUT2D eigenvalue weighted by Gasteiger charge is -2.09. The van der Waals surface area contributed by atoms with Crippen molar-refractivity contribution in [2.24, 2.45) is 11.8 Å². The van der Waals surface area contributed by atoms with Gasteiger partial charge in [-0.2, -0.15) is 0 Å². The molecule has 0 aromatic carbocycles. The molecule has 3 aromatic rings. The molecule has 4 N–H and O–H groups in total. The minimum absolute atomic E-state index is 0.160. The van der Waals surface area contributed by atoms with E-state index in [9.17, 15) is 4.79 Å². The Kier molecular flexibility index (Phi) is 18.5. The van der Waals surface area contributed by atoms with Crippen molar-refractivity contribution in [2.45, 2.75) is 81.7 Å². The predicted molar refractivity (Wildman–Crippen MR) is 150 cm³/mol. The van der Waals surface area contributed by atoms with Gasteiger partial charge in [-0.05, 0) is 36.5 Å². The van der Waals surface area contributed by atoms with Crippen LogP contribution >= 0.6 is 0 Å². The summed E-state index contributed by atoms with van der Waals surface area (Å²) in [7, 11) is 0. The van der Waals surface area contributed by atoms with Gasteiger partial charge in [-0.1, -0.05) is 55.4 Å². The number of hydrogen-bond acceptors (Lipinski definition) is 5. The third-order valence-corrected chi connectivity index (χ3v) is 5.26. The number of H-pyrrole nitrogens is 2. The third-order valence-electron chi connectivity index (χ3n) is 5.26. The highest BCUT2D eigenvalue weighted by atomic mass is 16.1. The van der Waals surface area contributed by atoms with Gasteiger partial charge in [0.25, 0.3) is 5.91 Å². The first-order valence-corrected chi connectivity index (χ1v) is 13.3. The lowest BCUT2D eigenvalue weighted by atomic mass is 10.0. The molecule has 0 unspecified atom stereocenters. The number of amides is 1. The summed E-state index contributed by atoms with van der Waals surface area (Å²) < 4.78 is 0. The molecule has 0 fully saturated rings. The van der Waals surface area contributed by atoms with E-state index < -0.39 is 0 Å². The zero-order valence-corrected chi connectivity index (χ0v) is 23.9. The molecule has 0 spiro atoms. The summed E-state index contributed by atoms with van der Waals surface area (Å²) in [6.45, 7) is 20.9. The van der Waals surface area contributed by atoms with Gasteiger partial charge in [0.15, 0.2) is 0 Å². The normalized spacial score (nSPS) is 9.97. The van der Waals surface area contributed by atoms with E-state index in [2.05, 4.69) is 63.2 Å². The zero-order chi connectivity index (χ0) is 27.3. The highest BCUT2D eigenvalue weighted by Gasteiger charge is 2.09. The Morgan fingerprint density at radius 2 is 1.39 bits per heavy atom. The van der Waals surface area contributed by atoms with Gasteiger partial charge < -0.3 is 20.6 Å². The molecule has 0 atom stereocenters. The molecule has 1 amide bonds. The molecule has 8 nitrogen and oxygen atoms in total. The second-order valence-corrected chi connectivity index (χ2v) is 8.60. The second-order valence-electron chi connectivity index (χ2n) is 8.60. The standard InChI is InChI=1S/C18H23N7O.C6H14.2C2H6/c1-13-6-16(10-19-4-2-14-8-20-11-23-14)25-17(7-13)18(26)22-5-3-15-9-21-12-24-15;1-5(2)6(3)4;2*1-2/h6-9,11-12,19H,2-5,10H2,1H3,(H,20,23)(H,21,24)(H,22,26);5-6H,1-4H3;2*1-2H3. The number of aromatic amines is 2. The number of aryl methyl sites for hydroxylation is 1. The van der Waals surface area contributed by atoms with Crippen LogP contribution in [-0.4, -0.2) is 43.9 Å². The molecule has 0 aliphatic rings. The van der Waals surface area contributed by atoms with Gasteiger partial charge in [-0.25, -0.2) is 15.0 Å². The number of imidazole rings is 2. The molecule has 0 bridgehead atoms. The molecule has 0 radical (unpaired) electrons. The first-order valence-electron chi connectivity index (χ1n) is 13.3. The number of aromatic nitrogens is 5. The van der Waals surface area contributed by atoms with Crippen LogP contribution in [0.4, 0.5) is 0 Å². The van der Waals surface area contributed by atoms with Crippen LogP contribution < -0.4 is 10.6 Å². The van der Waals surface area contributed by atoms with Crippen LogP contribution in [0.2, 0.25) is 0 Å². The van der Waals surface area contributed by atoms with Crippen molar-refractivity contribution in [2.75, 3.05) is 13.1 Å². The van der Waals surface area contributed by atoms with Gasteiger partial charge in [0.05, 0.1) is 18.3 Å². The van der Waals surface area contributed by atoms with Crippen LogP contribution in [0.1, 0.15) is 88.5 Å². The molecule has 0 saturated heterocycles. The maximum Gasteiger partial charge on any atom is 0.269 e. The van der Waals surface area contributed by atoms with Crippen molar-refractivity contribution in [3.05, 3.63) is 65.5 Å². The molecule has 202 valence electrons. The first-order chi connectivity index (χ1) is 17.3. The molecule has 3 aromatic heterocycles. The van der Waals surface area contributed by atoms with Crippen molar-refractivity contribution in [1.29, 1.82) is 0 Å². The molecular weight excluding hydrogens is 450 g/mol. The highest BCUT2D eigenvalue weighted by Crippen LogP contribution is 2.06. The van der Waals surface area contributed by atoms with Crippen molar-refractivity contribution >= 4 is 5.91 Å². The van der Waals surface area contributed by atoms with E-state index in [0.717, 1.165) is 47.4 Å². The maximum atomic E-state index is 12.3. The van der Waals surface area contributed by atoms with Crippen molar-refractivity contribution in [3.63, 3.8) is 0 Å². The molecule has 0 aliphatic heterocycles. The Balaban J connectivity index is 0.00000106. The van der Waals surface area contributed by atoms with E-state index in [1.165, 1.54) is 0 Å². The van der Waals surface area contributed by atoms with E-state index in [1.807, 2.05) is 46.9 Å². The number of hydrogen-bond donors (Lipinski definition) is 4. The Bertz CT molecular complexity index is 898. The summed E-state index contributed by atoms with van der Waals surface area (Å²) in [4.78, 5) is 30.8. The van der Waals surface area contributed by atoms with Gasteiger partial charge in [-0.15, -0.1) is 0 Å². The van der Waals surface area contributed by atoms with Crippen LogP contribution in [0.25, 0.3) is 0 Å². The first kappa shape index (κ1) is 33.0. The Morgan fingerprint density at radius 1 is 0.861 bits per heavy atom. The molecule has 0 aliphatic carbocycles. The number of rotatable bonds is 10. The molecule has 0 saturated carbocycles. The minimum Gasteiger partial charge on any atom is -0.350 e. The van der Waals surface area contributed by atoms with Crippen molar-refractivity contribution in [3.8, 4) is 0 Å². The van der Waals surface area contributed by atoms with Gasteiger partial charge in [0.2, 0.25) is 0 Å². The Morgan fingerprint density at radius 3 is 1.86 bits per heavy atom. The highest BCUT2D eigenvalue weighted by molar-refractivity contribution is 5.92. The van der Waals surface area contributed by atoms with Gasteiger partial charge in [0, 0.05) is 56.3 Å². The summed E-state index contributed by atoms with van der Waals surface area (Å²) in [6.07, 6.45) is 8.45. The fourth-order valence-electron chi connectivity index (χ4n) is 2.63. The molecule has 3 heterocycles. The van der Waals surface area contributed by atoms with Gasteiger partial charge in [0.1, 0.15) is 5.69 Å². The fourth-order valence-corrected chi connectivity index (χ4v) is 2.63. The zero-order valence-electron chi connectivity index (χ0n) is 23.9. The van der Waals surface area contributed by atoms with Crippen molar-refractivity contribution < 1.29 is 4.79 Å². The van der Waals surface area contributed by atoms with E-state index in [0.29, 0.717) is 25.2 Å². The second kappa shape index (κ2) is 20.2. The molecule has 8 heteroatoms. The van der Waals surface area contributed by atoms with Crippen LogP contribution in [0.5, 0.6) is 0 Å². The number of carbonyl (C=O) groups is 1. The number of nitrogens with zero attached hydrogens (tertiary/aromatic N) is 3. The largest absolute Gasteiger partial charge is 0.350 e. The Hall–Kier alpha value is -3.00. The number of nitrogens with one attached hydrogen (secondary N) is 4. The van der Waals surface area contributed by atoms with Crippen LogP contribution in [0.15, 0.2) is 37.2 Å². The Labute approximate surface area is 218 Å². The lowest BCUT2D eigenvalue weighted by Crippen LogP contribution is -2.27. The minimum atomic E-state index is -0.160. The van der Waals surface area contributed by atoms with E-state index >= 15 is 0 Å². The number of carbonyl (C=O) groups excluding carboxylic acids is 1.